The highest BCUT2D eigenvalue weighted by Crippen LogP contribution is 2.26. The van der Waals surface area contributed by atoms with E-state index in [1.807, 2.05) is 24.3 Å². The minimum Gasteiger partial charge on any atom is -0.309 e. The number of hydrogen-bond acceptors (Lipinski definition) is 4. The summed E-state index contributed by atoms with van der Waals surface area (Å²) in [5.41, 5.74) is 0. The standard InChI is InChI=1S/C14H19N3OS/c1-3-17(4-2)10-9-13(18)15-14-11-7-5-6-8-12(11)19-16-14/h5-8H,3-4,9-10H2,1-2H3,(H,15,16,18). The van der Waals surface area contributed by atoms with Crippen LogP contribution in [-0.2, 0) is 4.79 Å². The second-order valence-corrected chi connectivity index (χ2v) is 5.16. The Hall–Kier alpha value is -1.46. The predicted octanol–water partition coefficient (Wildman–Crippen LogP) is 2.97. The highest BCUT2D eigenvalue weighted by atomic mass is 32.1. The first-order chi connectivity index (χ1) is 9.24. The average molecular weight is 277 g/mol. The van der Waals surface area contributed by atoms with E-state index in [1.165, 1.54) is 11.5 Å². The number of amides is 1. The average Bonchev–Trinajstić information content (AvgIpc) is 2.83. The van der Waals surface area contributed by atoms with Gasteiger partial charge in [-0.1, -0.05) is 26.0 Å². The summed E-state index contributed by atoms with van der Waals surface area (Å²) in [6, 6.07) is 7.94. The fourth-order valence-corrected chi connectivity index (χ4v) is 2.71. The van der Waals surface area contributed by atoms with Crippen LogP contribution < -0.4 is 5.32 Å². The summed E-state index contributed by atoms with van der Waals surface area (Å²) in [6.07, 6.45) is 0.507. The summed E-state index contributed by atoms with van der Waals surface area (Å²) in [5, 5.41) is 3.92. The van der Waals surface area contributed by atoms with Gasteiger partial charge in [0.05, 0.1) is 4.70 Å². The van der Waals surface area contributed by atoms with Gasteiger partial charge in [0.1, 0.15) is 0 Å². The van der Waals surface area contributed by atoms with Gasteiger partial charge >= 0.3 is 0 Å². The molecular formula is C14H19N3OS. The van der Waals surface area contributed by atoms with Crippen LogP contribution in [-0.4, -0.2) is 34.8 Å². The van der Waals surface area contributed by atoms with Gasteiger partial charge in [-0.25, -0.2) is 0 Å². The molecule has 2 rings (SSSR count). The fourth-order valence-electron chi connectivity index (χ4n) is 1.97. The third-order valence-electron chi connectivity index (χ3n) is 3.18. The molecule has 0 saturated heterocycles. The van der Waals surface area contributed by atoms with Crippen LogP contribution in [0.4, 0.5) is 5.82 Å². The number of anilines is 1. The molecule has 0 bridgehead atoms. The Kier molecular flexibility index (Phi) is 4.87. The van der Waals surface area contributed by atoms with Crippen molar-refractivity contribution >= 4 is 33.3 Å². The number of hydrogen-bond donors (Lipinski definition) is 1. The molecule has 0 spiro atoms. The maximum Gasteiger partial charge on any atom is 0.226 e. The summed E-state index contributed by atoms with van der Waals surface area (Å²) in [6.45, 7) is 6.96. The van der Waals surface area contributed by atoms with Crippen LogP contribution in [0.25, 0.3) is 10.1 Å². The summed E-state index contributed by atoms with van der Waals surface area (Å²) in [7, 11) is 0. The molecule has 5 heteroatoms. The number of carbonyl (C=O) groups is 1. The molecule has 0 atom stereocenters. The van der Waals surface area contributed by atoms with E-state index in [-0.39, 0.29) is 5.91 Å². The molecule has 0 aliphatic heterocycles. The maximum absolute atomic E-state index is 11.9. The number of benzene rings is 1. The van der Waals surface area contributed by atoms with Crippen molar-refractivity contribution in [3.05, 3.63) is 24.3 Å². The number of aromatic nitrogens is 1. The van der Waals surface area contributed by atoms with Crippen molar-refractivity contribution in [2.24, 2.45) is 0 Å². The molecule has 0 aliphatic carbocycles. The summed E-state index contributed by atoms with van der Waals surface area (Å²) in [4.78, 5) is 14.2. The van der Waals surface area contributed by atoms with E-state index in [1.54, 1.807) is 0 Å². The first kappa shape index (κ1) is 14.0. The van der Waals surface area contributed by atoms with Crippen LogP contribution in [0.5, 0.6) is 0 Å². The van der Waals surface area contributed by atoms with Gasteiger partial charge in [-0.15, -0.1) is 0 Å². The number of fused-ring (bicyclic) bond motifs is 1. The molecule has 1 amide bonds. The monoisotopic (exact) mass is 277 g/mol. The smallest absolute Gasteiger partial charge is 0.226 e. The van der Waals surface area contributed by atoms with Crippen LogP contribution in [0, 0.1) is 0 Å². The van der Waals surface area contributed by atoms with Crippen molar-refractivity contribution in [2.45, 2.75) is 20.3 Å². The van der Waals surface area contributed by atoms with E-state index in [2.05, 4.69) is 28.4 Å². The van der Waals surface area contributed by atoms with E-state index in [9.17, 15) is 4.79 Å². The molecule has 0 unspecified atom stereocenters. The summed E-state index contributed by atoms with van der Waals surface area (Å²) >= 11 is 1.41. The summed E-state index contributed by atoms with van der Waals surface area (Å²) < 4.78 is 5.40. The van der Waals surface area contributed by atoms with Gasteiger partial charge in [-0.2, -0.15) is 4.37 Å². The van der Waals surface area contributed by atoms with E-state index in [4.69, 9.17) is 0 Å². The highest BCUT2D eigenvalue weighted by Gasteiger charge is 2.10. The van der Waals surface area contributed by atoms with Crippen molar-refractivity contribution in [1.29, 1.82) is 0 Å². The Balaban J connectivity index is 1.95. The molecule has 0 aliphatic rings. The normalized spacial score (nSPS) is 11.1. The first-order valence-corrected chi connectivity index (χ1v) is 7.38. The second-order valence-electron chi connectivity index (χ2n) is 4.35. The number of carbonyl (C=O) groups excluding carboxylic acids is 1. The third kappa shape index (κ3) is 3.52. The van der Waals surface area contributed by atoms with E-state index < -0.39 is 0 Å². The molecule has 1 heterocycles. The Morgan fingerprint density at radius 3 is 2.79 bits per heavy atom. The zero-order valence-corrected chi connectivity index (χ0v) is 12.2. The molecule has 2 aromatic rings. The van der Waals surface area contributed by atoms with Crippen LogP contribution >= 0.6 is 11.5 Å². The zero-order chi connectivity index (χ0) is 13.7. The predicted molar refractivity (Wildman–Crippen MR) is 80.7 cm³/mol. The van der Waals surface area contributed by atoms with Crippen LogP contribution in [0.2, 0.25) is 0 Å². The Morgan fingerprint density at radius 2 is 2.05 bits per heavy atom. The molecular weight excluding hydrogens is 258 g/mol. The minimum absolute atomic E-state index is 0.0305. The topological polar surface area (TPSA) is 45.2 Å². The van der Waals surface area contributed by atoms with E-state index in [0.29, 0.717) is 12.2 Å². The lowest BCUT2D eigenvalue weighted by Crippen LogP contribution is -2.27. The Morgan fingerprint density at radius 1 is 1.32 bits per heavy atom. The quantitative estimate of drug-likeness (QED) is 0.883. The number of nitrogens with zero attached hydrogens (tertiary/aromatic N) is 2. The second kappa shape index (κ2) is 6.63. The van der Waals surface area contributed by atoms with Gasteiger partial charge in [-0.3, -0.25) is 4.79 Å². The molecule has 4 nitrogen and oxygen atoms in total. The molecule has 19 heavy (non-hydrogen) atoms. The van der Waals surface area contributed by atoms with Crippen molar-refractivity contribution in [3.8, 4) is 0 Å². The van der Waals surface area contributed by atoms with Crippen molar-refractivity contribution in [3.63, 3.8) is 0 Å². The van der Waals surface area contributed by atoms with Crippen LogP contribution in [0.1, 0.15) is 20.3 Å². The largest absolute Gasteiger partial charge is 0.309 e. The van der Waals surface area contributed by atoms with Gasteiger partial charge in [0.25, 0.3) is 0 Å². The van der Waals surface area contributed by atoms with Crippen molar-refractivity contribution < 1.29 is 4.79 Å². The van der Waals surface area contributed by atoms with E-state index in [0.717, 1.165) is 29.7 Å². The summed E-state index contributed by atoms with van der Waals surface area (Å²) in [5.74, 6) is 0.716. The Bertz CT molecular complexity index is 548. The molecule has 1 N–H and O–H groups in total. The van der Waals surface area contributed by atoms with Gasteiger partial charge in [0.15, 0.2) is 5.82 Å². The number of nitrogens with one attached hydrogen (secondary N) is 1. The SMILES string of the molecule is CCN(CC)CCC(=O)Nc1nsc2ccccc12. The zero-order valence-electron chi connectivity index (χ0n) is 11.3. The highest BCUT2D eigenvalue weighted by molar-refractivity contribution is 7.13. The van der Waals surface area contributed by atoms with Gasteiger partial charge in [-0.05, 0) is 36.8 Å². The van der Waals surface area contributed by atoms with Crippen LogP contribution in [0.15, 0.2) is 24.3 Å². The molecule has 1 aromatic carbocycles. The maximum atomic E-state index is 11.9. The Labute approximate surface area is 117 Å². The number of rotatable bonds is 6. The van der Waals surface area contributed by atoms with Gasteiger partial charge in [0.2, 0.25) is 5.91 Å². The molecule has 0 fully saturated rings. The lowest BCUT2D eigenvalue weighted by Gasteiger charge is -2.17. The lowest BCUT2D eigenvalue weighted by molar-refractivity contribution is -0.116. The lowest BCUT2D eigenvalue weighted by atomic mass is 10.2. The minimum atomic E-state index is 0.0305. The fraction of sp³-hybridized carbons (Fsp3) is 0.429. The molecule has 0 radical (unpaired) electrons. The molecule has 102 valence electrons. The van der Waals surface area contributed by atoms with Crippen LogP contribution in [0.3, 0.4) is 0 Å². The van der Waals surface area contributed by atoms with E-state index >= 15 is 0 Å². The van der Waals surface area contributed by atoms with Crippen molar-refractivity contribution in [2.75, 3.05) is 25.0 Å². The van der Waals surface area contributed by atoms with Gasteiger partial charge < -0.3 is 10.2 Å². The molecule has 1 aromatic heterocycles. The third-order valence-corrected chi connectivity index (χ3v) is 4.01. The van der Waals surface area contributed by atoms with Crippen molar-refractivity contribution in [1.82, 2.24) is 9.27 Å². The first-order valence-electron chi connectivity index (χ1n) is 6.61. The van der Waals surface area contributed by atoms with Gasteiger partial charge in [0, 0.05) is 18.4 Å². The molecule has 0 saturated carbocycles.